The van der Waals surface area contributed by atoms with Crippen LogP contribution in [0.15, 0.2) is 17.6 Å². The molecule has 20 heavy (non-hydrogen) atoms. The standard InChI is InChI=1S/C12H19N3O4S/c1-9(2)14-7-11(13-8-14)20(18,19)15-5-3-10(4-6-15)12(16)17/h7-10H,3-6H2,1-2H3,(H,16,17). The van der Waals surface area contributed by atoms with Crippen LogP contribution in [0.3, 0.4) is 0 Å². The van der Waals surface area contributed by atoms with Gasteiger partial charge in [0, 0.05) is 25.3 Å². The van der Waals surface area contributed by atoms with Crippen molar-refractivity contribution in [3.05, 3.63) is 12.5 Å². The number of imidazole rings is 1. The number of aliphatic carboxylic acids is 1. The Kier molecular flexibility index (Phi) is 4.14. The van der Waals surface area contributed by atoms with Gasteiger partial charge in [0.15, 0.2) is 5.03 Å². The van der Waals surface area contributed by atoms with Crippen molar-refractivity contribution < 1.29 is 18.3 Å². The summed E-state index contributed by atoms with van der Waals surface area (Å²) in [4.78, 5) is 14.8. The number of carboxylic acid groups (broad SMARTS) is 1. The van der Waals surface area contributed by atoms with E-state index in [2.05, 4.69) is 4.98 Å². The minimum Gasteiger partial charge on any atom is -0.481 e. The summed E-state index contributed by atoms with van der Waals surface area (Å²) in [6.45, 7) is 4.34. The molecule has 0 atom stereocenters. The number of carbonyl (C=O) groups is 1. The molecule has 0 radical (unpaired) electrons. The summed E-state index contributed by atoms with van der Waals surface area (Å²) in [5.41, 5.74) is 0. The van der Waals surface area contributed by atoms with E-state index in [1.165, 1.54) is 16.8 Å². The van der Waals surface area contributed by atoms with Gasteiger partial charge in [0.1, 0.15) is 0 Å². The summed E-state index contributed by atoms with van der Waals surface area (Å²) in [6.07, 6.45) is 3.71. The summed E-state index contributed by atoms with van der Waals surface area (Å²) in [5.74, 6) is -1.30. The molecule has 1 aromatic rings. The molecule has 1 fully saturated rings. The van der Waals surface area contributed by atoms with Crippen molar-refractivity contribution >= 4 is 16.0 Å². The van der Waals surface area contributed by atoms with Gasteiger partial charge >= 0.3 is 5.97 Å². The predicted molar refractivity (Wildman–Crippen MR) is 71.7 cm³/mol. The second-order valence-electron chi connectivity index (χ2n) is 5.27. The maximum atomic E-state index is 12.4. The highest BCUT2D eigenvalue weighted by Gasteiger charge is 2.33. The van der Waals surface area contributed by atoms with Crippen LogP contribution in [-0.2, 0) is 14.8 Å². The molecule has 8 heteroatoms. The van der Waals surface area contributed by atoms with Gasteiger partial charge in [-0.3, -0.25) is 4.79 Å². The molecule has 1 saturated heterocycles. The minimum absolute atomic E-state index is 0.0278. The Morgan fingerprint density at radius 1 is 1.40 bits per heavy atom. The van der Waals surface area contributed by atoms with Gasteiger partial charge in [0.05, 0.1) is 12.2 Å². The van der Waals surface area contributed by atoms with Crippen LogP contribution in [0.4, 0.5) is 0 Å². The summed E-state index contributed by atoms with van der Waals surface area (Å²) in [6, 6.07) is 0.143. The second kappa shape index (κ2) is 5.53. The first-order valence-corrected chi connectivity index (χ1v) is 8.03. The first kappa shape index (κ1) is 15.0. The smallest absolute Gasteiger partial charge is 0.306 e. The van der Waals surface area contributed by atoms with E-state index in [0.29, 0.717) is 12.8 Å². The van der Waals surface area contributed by atoms with Crippen molar-refractivity contribution in [3.63, 3.8) is 0 Å². The molecular weight excluding hydrogens is 282 g/mol. The minimum atomic E-state index is -3.62. The zero-order valence-electron chi connectivity index (χ0n) is 11.6. The van der Waals surface area contributed by atoms with Gasteiger partial charge in [0.2, 0.25) is 0 Å². The Hall–Kier alpha value is -1.41. The fourth-order valence-electron chi connectivity index (χ4n) is 2.21. The zero-order valence-corrected chi connectivity index (χ0v) is 12.4. The van der Waals surface area contributed by atoms with E-state index in [9.17, 15) is 13.2 Å². The molecule has 2 heterocycles. The number of rotatable bonds is 4. The van der Waals surface area contributed by atoms with Crippen molar-refractivity contribution in [1.29, 1.82) is 0 Å². The molecule has 112 valence electrons. The number of hydrogen-bond donors (Lipinski definition) is 1. The molecule has 0 aliphatic carbocycles. The maximum Gasteiger partial charge on any atom is 0.306 e. The van der Waals surface area contributed by atoms with Crippen LogP contribution in [0.2, 0.25) is 0 Å². The number of hydrogen-bond acceptors (Lipinski definition) is 4. The lowest BCUT2D eigenvalue weighted by atomic mass is 9.99. The van der Waals surface area contributed by atoms with Gasteiger partial charge in [0.25, 0.3) is 10.0 Å². The highest BCUT2D eigenvalue weighted by atomic mass is 32.2. The average molecular weight is 301 g/mol. The van der Waals surface area contributed by atoms with Crippen LogP contribution in [0.1, 0.15) is 32.7 Å². The van der Waals surface area contributed by atoms with E-state index < -0.39 is 21.9 Å². The monoisotopic (exact) mass is 301 g/mol. The third kappa shape index (κ3) is 2.85. The van der Waals surface area contributed by atoms with Crippen molar-refractivity contribution in [2.75, 3.05) is 13.1 Å². The summed E-state index contributed by atoms with van der Waals surface area (Å²) < 4.78 is 27.9. The Morgan fingerprint density at radius 3 is 2.45 bits per heavy atom. The largest absolute Gasteiger partial charge is 0.481 e. The van der Waals surface area contributed by atoms with Crippen molar-refractivity contribution in [3.8, 4) is 0 Å². The Bertz CT molecular complexity index is 586. The quantitative estimate of drug-likeness (QED) is 0.893. The van der Waals surface area contributed by atoms with Crippen molar-refractivity contribution in [2.24, 2.45) is 5.92 Å². The van der Waals surface area contributed by atoms with E-state index in [4.69, 9.17) is 5.11 Å². The first-order valence-electron chi connectivity index (χ1n) is 6.59. The molecule has 7 nitrogen and oxygen atoms in total. The molecule has 1 aromatic heterocycles. The molecule has 1 aliphatic rings. The molecule has 2 rings (SSSR count). The number of carboxylic acids is 1. The summed E-state index contributed by atoms with van der Waals surface area (Å²) in [5, 5.41) is 8.95. The number of piperidine rings is 1. The molecule has 0 saturated carbocycles. The molecule has 0 spiro atoms. The van der Waals surface area contributed by atoms with Crippen LogP contribution >= 0.6 is 0 Å². The van der Waals surface area contributed by atoms with E-state index in [1.807, 2.05) is 13.8 Å². The van der Waals surface area contributed by atoms with Crippen molar-refractivity contribution in [1.82, 2.24) is 13.9 Å². The van der Waals surface area contributed by atoms with Gasteiger partial charge in [-0.1, -0.05) is 0 Å². The third-order valence-electron chi connectivity index (χ3n) is 3.58. The van der Waals surface area contributed by atoms with E-state index in [1.54, 1.807) is 4.57 Å². The lowest BCUT2D eigenvalue weighted by molar-refractivity contribution is -0.142. The molecule has 0 unspecified atom stereocenters. The van der Waals surface area contributed by atoms with Gasteiger partial charge < -0.3 is 9.67 Å². The maximum absolute atomic E-state index is 12.4. The Labute approximate surface area is 118 Å². The summed E-state index contributed by atoms with van der Waals surface area (Å²) in [7, 11) is -3.62. The highest BCUT2D eigenvalue weighted by Crippen LogP contribution is 2.23. The lowest BCUT2D eigenvalue weighted by Crippen LogP contribution is -2.40. The molecule has 0 amide bonds. The Morgan fingerprint density at radius 2 is 2.00 bits per heavy atom. The lowest BCUT2D eigenvalue weighted by Gasteiger charge is -2.28. The molecule has 0 bridgehead atoms. The molecular formula is C12H19N3O4S. The first-order chi connectivity index (χ1) is 9.32. The van der Waals surface area contributed by atoms with Crippen LogP contribution in [0, 0.1) is 5.92 Å². The predicted octanol–water partition coefficient (Wildman–Crippen LogP) is 0.949. The normalized spacial score (nSPS) is 18.6. The number of aromatic nitrogens is 2. The molecule has 1 aliphatic heterocycles. The van der Waals surface area contributed by atoms with Crippen LogP contribution < -0.4 is 0 Å². The third-order valence-corrected chi connectivity index (χ3v) is 5.37. The molecule has 1 N–H and O–H groups in total. The van der Waals surface area contributed by atoms with Gasteiger partial charge in [-0.15, -0.1) is 0 Å². The fraction of sp³-hybridized carbons (Fsp3) is 0.667. The topological polar surface area (TPSA) is 92.5 Å². The van der Waals surface area contributed by atoms with Crippen LogP contribution in [0.25, 0.3) is 0 Å². The molecule has 0 aromatic carbocycles. The Balaban J connectivity index is 2.13. The van der Waals surface area contributed by atoms with Crippen molar-refractivity contribution in [2.45, 2.75) is 37.8 Å². The van der Waals surface area contributed by atoms with Gasteiger partial charge in [-0.05, 0) is 26.7 Å². The fourth-order valence-corrected chi connectivity index (χ4v) is 3.60. The van der Waals surface area contributed by atoms with E-state index >= 15 is 0 Å². The van der Waals surface area contributed by atoms with E-state index in [0.717, 1.165) is 0 Å². The number of sulfonamides is 1. The van der Waals surface area contributed by atoms with Crippen LogP contribution in [0.5, 0.6) is 0 Å². The van der Waals surface area contributed by atoms with E-state index in [-0.39, 0.29) is 24.2 Å². The zero-order chi connectivity index (χ0) is 14.9. The average Bonchev–Trinajstić information content (AvgIpc) is 2.89. The summed E-state index contributed by atoms with van der Waals surface area (Å²) >= 11 is 0. The SMILES string of the molecule is CC(C)n1cnc(S(=O)(=O)N2CCC(C(=O)O)CC2)c1. The van der Waals surface area contributed by atoms with Crippen LogP contribution in [-0.4, -0.2) is 46.4 Å². The van der Waals surface area contributed by atoms with Gasteiger partial charge in [-0.25, -0.2) is 13.4 Å². The van der Waals surface area contributed by atoms with Gasteiger partial charge in [-0.2, -0.15) is 4.31 Å². The number of nitrogens with zero attached hydrogens (tertiary/aromatic N) is 3. The second-order valence-corrected chi connectivity index (χ2v) is 7.15. The highest BCUT2D eigenvalue weighted by molar-refractivity contribution is 7.89.